The van der Waals surface area contributed by atoms with Crippen molar-refractivity contribution in [1.29, 1.82) is 0 Å². The molecular formula is C23H32F12O4. The number of carbonyl (C=O) groups is 1. The van der Waals surface area contributed by atoms with E-state index in [0.29, 0.717) is 12.8 Å². The van der Waals surface area contributed by atoms with Gasteiger partial charge in [-0.05, 0) is 19.3 Å². The van der Waals surface area contributed by atoms with Crippen molar-refractivity contribution in [2.45, 2.75) is 100 Å². The minimum absolute atomic E-state index is 0.00706. The zero-order chi connectivity index (χ0) is 30.8. The molecule has 39 heavy (non-hydrogen) atoms. The van der Waals surface area contributed by atoms with E-state index in [1.54, 1.807) is 6.92 Å². The number of aliphatic hydroxyl groups is 1. The van der Waals surface area contributed by atoms with E-state index in [-0.39, 0.29) is 38.0 Å². The Morgan fingerprint density at radius 1 is 0.667 bits per heavy atom. The van der Waals surface area contributed by atoms with E-state index in [9.17, 15) is 57.5 Å². The number of hydrogen-bond donors (Lipinski definition) is 1. The van der Waals surface area contributed by atoms with Gasteiger partial charge in [0, 0.05) is 26.1 Å². The van der Waals surface area contributed by atoms with E-state index in [2.05, 4.69) is 11.3 Å². The molecule has 0 aromatic carbocycles. The van der Waals surface area contributed by atoms with Crippen LogP contribution in [0.3, 0.4) is 0 Å². The molecule has 0 aromatic heterocycles. The van der Waals surface area contributed by atoms with Gasteiger partial charge in [0.2, 0.25) is 0 Å². The summed E-state index contributed by atoms with van der Waals surface area (Å²) in [4.78, 5) is 11.6. The lowest BCUT2D eigenvalue weighted by molar-refractivity contribution is -0.425. The largest absolute Gasteiger partial charge is 0.462 e. The molecule has 0 fully saturated rings. The molecule has 0 spiro atoms. The molecule has 0 saturated carbocycles. The molecule has 0 atom stereocenters. The molecule has 16 heteroatoms. The maximum atomic E-state index is 14.0. The highest BCUT2D eigenvalue weighted by Gasteiger charge is 2.89. The van der Waals surface area contributed by atoms with Gasteiger partial charge in [-0.3, -0.25) is 0 Å². The van der Waals surface area contributed by atoms with Gasteiger partial charge in [-0.25, -0.2) is 4.79 Å². The lowest BCUT2D eigenvalue weighted by Gasteiger charge is -2.41. The lowest BCUT2D eigenvalue weighted by atomic mass is 9.88. The highest BCUT2D eigenvalue weighted by Crippen LogP contribution is 2.61. The van der Waals surface area contributed by atoms with Crippen molar-refractivity contribution in [3.63, 3.8) is 0 Å². The number of hydrogen-bond acceptors (Lipinski definition) is 4. The Morgan fingerprint density at radius 2 is 1.13 bits per heavy atom. The molecule has 0 unspecified atom stereocenters. The van der Waals surface area contributed by atoms with Gasteiger partial charge in [0.1, 0.15) is 0 Å². The molecule has 0 aliphatic rings. The molecule has 0 bridgehead atoms. The molecule has 0 rings (SSSR count). The van der Waals surface area contributed by atoms with Gasteiger partial charge in [0.25, 0.3) is 0 Å². The first-order valence-electron chi connectivity index (χ1n) is 12.0. The SMILES string of the molecule is C=C(COCCCO)C(=O)OCCCC(F)(F)C(F)(F)C(F)(F)C(F)(F)C(F)(F)C(F)(F)CCCCCCC. The molecule has 0 aromatic rings. The molecular weight excluding hydrogens is 568 g/mol. The van der Waals surface area contributed by atoms with Crippen molar-refractivity contribution in [3.8, 4) is 0 Å². The molecule has 1 N–H and O–H groups in total. The topological polar surface area (TPSA) is 55.8 Å². The van der Waals surface area contributed by atoms with Crippen LogP contribution in [0.4, 0.5) is 52.7 Å². The lowest BCUT2D eigenvalue weighted by Crippen LogP contribution is -2.70. The number of rotatable bonds is 21. The van der Waals surface area contributed by atoms with Gasteiger partial charge in [-0.2, -0.15) is 52.7 Å². The molecule has 0 heterocycles. The van der Waals surface area contributed by atoms with Crippen LogP contribution in [0.25, 0.3) is 0 Å². The van der Waals surface area contributed by atoms with Gasteiger partial charge < -0.3 is 14.6 Å². The fourth-order valence-corrected chi connectivity index (χ4v) is 3.10. The summed E-state index contributed by atoms with van der Waals surface area (Å²) in [7, 11) is 0. The zero-order valence-electron chi connectivity index (χ0n) is 21.1. The van der Waals surface area contributed by atoms with Crippen LogP contribution >= 0.6 is 0 Å². The minimum Gasteiger partial charge on any atom is -0.462 e. The number of unbranched alkanes of at least 4 members (excludes halogenated alkanes) is 4. The average molecular weight is 600 g/mol. The maximum absolute atomic E-state index is 14.0. The fraction of sp³-hybridized carbons (Fsp3) is 0.870. The Labute approximate surface area is 217 Å². The summed E-state index contributed by atoms with van der Waals surface area (Å²) in [6.45, 7) is 3.09. The van der Waals surface area contributed by atoms with Gasteiger partial charge in [-0.15, -0.1) is 0 Å². The fourth-order valence-electron chi connectivity index (χ4n) is 3.10. The standard InChI is InChI=1S/C23H32F12O4/c1-3-4-5-6-7-10-18(24,25)20(28,29)22(32,33)23(34,35)21(30,31)19(26,27)11-8-14-39-17(37)16(2)15-38-13-9-12-36/h36H,2-15H2,1H3. The second-order valence-corrected chi connectivity index (χ2v) is 8.84. The molecule has 232 valence electrons. The number of ether oxygens (including phenoxy) is 2. The third-order valence-corrected chi connectivity index (χ3v) is 5.58. The quantitative estimate of drug-likeness (QED) is 0.0645. The van der Waals surface area contributed by atoms with Crippen molar-refractivity contribution >= 4 is 5.97 Å². The van der Waals surface area contributed by atoms with E-state index in [4.69, 9.17) is 9.84 Å². The average Bonchev–Trinajstić information content (AvgIpc) is 2.83. The van der Waals surface area contributed by atoms with Crippen LogP contribution in [0.2, 0.25) is 0 Å². The van der Waals surface area contributed by atoms with E-state index >= 15 is 0 Å². The summed E-state index contributed by atoms with van der Waals surface area (Å²) in [5.74, 6) is -42.8. The second kappa shape index (κ2) is 14.8. The van der Waals surface area contributed by atoms with Crippen LogP contribution in [0.15, 0.2) is 12.2 Å². The highest BCUT2D eigenvalue weighted by atomic mass is 19.4. The second-order valence-electron chi connectivity index (χ2n) is 8.84. The molecule has 0 aliphatic heterocycles. The molecule has 0 aliphatic carbocycles. The minimum atomic E-state index is -7.62. The van der Waals surface area contributed by atoms with Crippen molar-refractivity contribution in [3.05, 3.63) is 12.2 Å². The van der Waals surface area contributed by atoms with E-state index < -0.39 is 80.4 Å². The van der Waals surface area contributed by atoms with E-state index in [1.807, 2.05) is 0 Å². The molecule has 0 radical (unpaired) electrons. The van der Waals surface area contributed by atoms with Gasteiger partial charge >= 0.3 is 41.5 Å². The molecule has 0 amide bonds. The number of esters is 1. The first-order chi connectivity index (χ1) is 17.7. The van der Waals surface area contributed by atoms with Crippen LogP contribution < -0.4 is 0 Å². The van der Waals surface area contributed by atoms with E-state index in [0.717, 1.165) is 0 Å². The van der Waals surface area contributed by atoms with Gasteiger partial charge in [-0.1, -0.05) is 39.2 Å². The Balaban J connectivity index is 5.37. The van der Waals surface area contributed by atoms with Crippen LogP contribution in [-0.4, -0.2) is 73.0 Å². The van der Waals surface area contributed by atoms with Crippen LogP contribution in [0.5, 0.6) is 0 Å². The third kappa shape index (κ3) is 8.89. The normalized spacial score (nSPS) is 14.0. The summed E-state index contributed by atoms with van der Waals surface area (Å²) in [6, 6.07) is 0. The Kier molecular flexibility index (Phi) is 14.1. The summed E-state index contributed by atoms with van der Waals surface area (Å²) in [5, 5.41) is 8.56. The summed E-state index contributed by atoms with van der Waals surface area (Å²) >= 11 is 0. The van der Waals surface area contributed by atoms with Crippen LogP contribution in [0.1, 0.15) is 64.7 Å². The van der Waals surface area contributed by atoms with E-state index in [1.165, 1.54) is 0 Å². The predicted octanol–water partition coefficient (Wildman–Crippen LogP) is 7.44. The predicted molar refractivity (Wildman–Crippen MR) is 115 cm³/mol. The van der Waals surface area contributed by atoms with Crippen LogP contribution in [0, 0.1) is 0 Å². The van der Waals surface area contributed by atoms with Crippen molar-refractivity contribution < 1.29 is 72.1 Å². The number of alkyl halides is 12. The Hall–Kier alpha value is -1.71. The third-order valence-electron chi connectivity index (χ3n) is 5.58. The molecule has 4 nitrogen and oxygen atoms in total. The summed E-state index contributed by atoms with van der Waals surface area (Å²) in [5.41, 5.74) is -0.385. The molecule has 0 saturated heterocycles. The Bertz CT molecular complexity index is 772. The highest BCUT2D eigenvalue weighted by molar-refractivity contribution is 5.87. The summed E-state index contributed by atoms with van der Waals surface area (Å²) in [6.07, 6.45) is -5.32. The first kappa shape index (κ1) is 37.3. The smallest absolute Gasteiger partial charge is 0.384 e. The Morgan fingerprint density at radius 3 is 1.59 bits per heavy atom. The van der Waals surface area contributed by atoms with Crippen molar-refractivity contribution in [2.75, 3.05) is 26.4 Å². The van der Waals surface area contributed by atoms with Crippen molar-refractivity contribution in [1.82, 2.24) is 0 Å². The number of carbonyl (C=O) groups excluding carboxylic acids is 1. The monoisotopic (exact) mass is 600 g/mol. The van der Waals surface area contributed by atoms with Crippen LogP contribution in [-0.2, 0) is 14.3 Å². The first-order valence-corrected chi connectivity index (χ1v) is 12.0. The van der Waals surface area contributed by atoms with Gasteiger partial charge in [0.05, 0.1) is 18.8 Å². The maximum Gasteiger partial charge on any atom is 0.384 e. The van der Waals surface area contributed by atoms with Crippen molar-refractivity contribution in [2.24, 2.45) is 0 Å². The van der Waals surface area contributed by atoms with Gasteiger partial charge in [0.15, 0.2) is 0 Å². The summed E-state index contributed by atoms with van der Waals surface area (Å²) < 4.78 is 177. The number of aliphatic hydroxyl groups excluding tert-OH is 1. The number of halogens is 12. The zero-order valence-corrected chi connectivity index (χ0v) is 21.1.